The van der Waals surface area contributed by atoms with E-state index in [0.29, 0.717) is 0 Å². The predicted molar refractivity (Wildman–Crippen MR) is 131 cm³/mol. The molecule has 0 aliphatic heterocycles. The second kappa shape index (κ2) is 11.1. The lowest BCUT2D eigenvalue weighted by Crippen LogP contribution is -2.20. The lowest BCUT2D eigenvalue weighted by molar-refractivity contribution is -0.162. The molecular formula is C28H23F6P. The van der Waals surface area contributed by atoms with Gasteiger partial charge in [0.1, 0.15) is 0 Å². The van der Waals surface area contributed by atoms with E-state index in [9.17, 15) is 26.3 Å². The van der Waals surface area contributed by atoms with Crippen LogP contribution in [-0.4, -0.2) is 0 Å². The van der Waals surface area contributed by atoms with Crippen LogP contribution in [0.4, 0.5) is 26.3 Å². The van der Waals surface area contributed by atoms with Crippen molar-refractivity contribution in [1.29, 1.82) is 0 Å². The zero-order valence-electron chi connectivity index (χ0n) is 19.0. The molecule has 7 heteroatoms. The van der Waals surface area contributed by atoms with Gasteiger partial charge in [-0.1, -0.05) is 103 Å². The SMILES string of the molecule is Cc1ccc(C)c(C(F)(F)F)c1C(F)(F)F.c1ccc(P(c2ccccc2)c2ccccc2)cc1. The molecule has 35 heavy (non-hydrogen) atoms. The molecule has 0 radical (unpaired) electrons. The summed E-state index contributed by atoms with van der Waals surface area (Å²) in [5, 5.41) is 4.19. The molecule has 0 saturated heterocycles. The van der Waals surface area contributed by atoms with E-state index < -0.39 is 42.5 Å². The maximum atomic E-state index is 12.5. The van der Waals surface area contributed by atoms with Gasteiger partial charge in [0.25, 0.3) is 0 Å². The lowest BCUT2D eigenvalue weighted by Gasteiger charge is -2.19. The minimum absolute atomic E-state index is 0.426. The van der Waals surface area contributed by atoms with Crippen LogP contribution in [0.1, 0.15) is 22.3 Å². The zero-order chi connectivity index (χ0) is 25.6. The fourth-order valence-corrected chi connectivity index (χ4v) is 6.03. The molecule has 0 fully saturated rings. The maximum Gasteiger partial charge on any atom is 0.417 e. The number of hydrogen-bond acceptors (Lipinski definition) is 0. The molecule has 4 rings (SSSR count). The van der Waals surface area contributed by atoms with Gasteiger partial charge < -0.3 is 0 Å². The van der Waals surface area contributed by atoms with Gasteiger partial charge in [-0.3, -0.25) is 0 Å². The average molecular weight is 504 g/mol. The van der Waals surface area contributed by atoms with E-state index in [0.717, 1.165) is 26.0 Å². The van der Waals surface area contributed by atoms with Crippen molar-refractivity contribution in [3.8, 4) is 0 Å². The Morgan fingerprint density at radius 3 is 0.914 bits per heavy atom. The van der Waals surface area contributed by atoms with Gasteiger partial charge in [-0.2, -0.15) is 26.3 Å². The highest BCUT2D eigenvalue weighted by Crippen LogP contribution is 2.43. The van der Waals surface area contributed by atoms with Gasteiger partial charge >= 0.3 is 12.4 Å². The molecule has 0 aliphatic rings. The van der Waals surface area contributed by atoms with Crippen molar-refractivity contribution in [2.45, 2.75) is 26.2 Å². The Bertz CT molecular complexity index is 1080. The molecule has 0 N–H and O–H groups in total. The minimum atomic E-state index is -5.00. The molecule has 182 valence electrons. The first-order valence-corrected chi connectivity index (χ1v) is 12.0. The summed E-state index contributed by atoms with van der Waals surface area (Å²) in [4.78, 5) is 0. The van der Waals surface area contributed by atoms with Crippen LogP contribution in [0, 0.1) is 13.8 Å². The topological polar surface area (TPSA) is 0 Å². The second-order valence-electron chi connectivity index (χ2n) is 7.79. The molecular weight excluding hydrogens is 481 g/mol. The van der Waals surface area contributed by atoms with Crippen LogP contribution in [0.2, 0.25) is 0 Å². The molecule has 0 unspecified atom stereocenters. The largest absolute Gasteiger partial charge is 0.417 e. The minimum Gasteiger partial charge on any atom is -0.166 e. The molecule has 4 aromatic carbocycles. The second-order valence-corrected chi connectivity index (χ2v) is 10.0. The summed E-state index contributed by atoms with van der Waals surface area (Å²) in [7, 11) is -0.446. The van der Waals surface area contributed by atoms with Gasteiger partial charge in [0.2, 0.25) is 0 Å². The highest BCUT2D eigenvalue weighted by molar-refractivity contribution is 7.79. The van der Waals surface area contributed by atoms with Crippen LogP contribution >= 0.6 is 7.92 Å². The number of benzene rings is 4. The van der Waals surface area contributed by atoms with Crippen LogP contribution in [0.5, 0.6) is 0 Å². The average Bonchev–Trinajstić information content (AvgIpc) is 2.82. The van der Waals surface area contributed by atoms with Crippen LogP contribution < -0.4 is 15.9 Å². The predicted octanol–water partition coefficient (Wildman–Crippen LogP) is 7.79. The third kappa shape index (κ3) is 6.73. The highest BCUT2D eigenvalue weighted by atomic mass is 31.1. The van der Waals surface area contributed by atoms with E-state index in [-0.39, 0.29) is 0 Å². The van der Waals surface area contributed by atoms with Crippen molar-refractivity contribution in [2.75, 3.05) is 0 Å². The molecule has 0 aliphatic carbocycles. The number of hydrogen-bond donors (Lipinski definition) is 0. The summed E-state index contributed by atoms with van der Waals surface area (Å²) in [5.41, 5.74) is -4.05. The number of halogens is 6. The molecule has 0 saturated carbocycles. The van der Waals surface area contributed by atoms with Crippen molar-refractivity contribution in [3.63, 3.8) is 0 Å². The Kier molecular flexibility index (Phi) is 8.39. The Labute approximate surface area is 202 Å². The van der Waals surface area contributed by atoms with Crippen molar-refractivity contribution >= 4 is 23.8 Å². The summed E-state index contributed by atoms with van der Waals surface area (Å²) in [6.45, 7) is 2.02. The standard InChI is InChI=1S/C18H15P.C10H8F6/c1-4-10-16(11-5-1)19(17-12-6-2-7-13-17)18-14-8-3-9-15-18;1-5-3-4-6(2)8(10(14,15)16)7(5)9(11,12)13/h1-15H;3-4H,1-2H3. The van der Waals surface area contributed by atoms with E-state index in [4.69, 9.17) is 0 Å². The first-order chi connectivity index (χ1) is 16.5. The van der Waals surface area contributed by atoms with E-state index in [1.807, 2.05) is 0 Å². The van der Waals surface area contributed by atoms with Crippen molar-refractivity contribution in [1.82, 2.24) is 0 Å². The maximum absolute atomic E-state index is 12.5. The fraction of sp³-hybridized carbons (Fsp3) is 0.143. The first-order valence-electron chi connectivity index (χ1n) is 10.7. The van der Waals surface area contributed by atoms with Gasteiger partial charge in [-0.15, -0.1) is 0 Å². The van der Waals surface area contributed by atoms with Crippen LogP contribution in [0.15, 0.2) is 103 Å². The van der Waals surface area contributed by atoms with Gasteiger partial charge in [0, 0.05) is 0 Å². The summed E-state index contributed by atoms with van der Waals surface area (Å²) >= 11 is 0. The van der Waals surface area contributed by atoms with Gasteiger partial charge in [-0.05, 0) is 48.8 Å². The summed E-state index contributed by atoms with van der Waals surface area (Å²) in [6.07, 6.45) is -10.00. The molecule has 0 spiro atoms. The van der Waals surface area contributed by atoms with E-state index in [2.05, 4.69) is 91.0 Å². The third-order valence-electron chi connectivity index (χ3n) is 5.23. The number of alkyl halides is 6. The van der Waals surface area contributed by atoms with Gasteiger partial charge in [0.05, 0.1) is 11.1 Å². The Morgan fingerprint density at radius 1 is 0.429 bits per heavy atom. The zero-order valence-corrected chi connectivity index (χ0v) is 19.9. The molecule has 0 bridgehead atoms. The Balaban J connectivity index is 0.000000199. The van der Waals surface area contributed by atoms with Gasteiger partial charge in [0.15, 0.2) is 0 Å². The summed E-state index contributed by atoms with van der Waals surface area (Å²) < 4.78 is 75.1. The number of rotatable bonds is 3. The Hall–Kier alpha value is -3.11. The first kappa shape index (κ1) is 26.5. The number of aryl methyl sites for hydroxylation is 2. The van der Waals surface area contributed by atoms with Gasteiger partial charge in [-0.25, -0.2) is 0 Å². The Morgan fingerprint density at radius 2 is 0.686 bits per heavy atom. The molecule has 0 heterocycles. The van der Waals surface area contributed by atoms with Crippen molar-refractivity contribution < 1.29 is 26.3 Å². The van der Waals surface area contributed by atoms with Crippen LogP contribution in [0.3, 0.4) is 0 Å². The lowest BCUT2D eigenvalue weighted by atomic mass is 9.96. The van der Waals surface area contributed by atoms with Crippen LogP contribution in [-0.2, 0) is 12.4 Å². The fourth-order valence-electron chi connectivity index (χ4n) is 3.72. The summed E-state index contributed by atoms with van der Waals surface area (Å²) in [6, 6.07) is 34.4. The molecule has 0 amide bonds. The molecule has 0 aromatic heterocycles. The monoisotopic (exact) mass is 504 g/mol. The quantitative estimate of drug-likeness (QED) is 0.197. The van der Waals surface area contributed by atoms with Crippen molar-refractivity contribution in [3.05, 3.63) is 125 Å². The molecule has 4 aromatic rings. The molecule has 0 atom stereocenters. The normalized spacial score (nSPS) is 11.7. The van der Waals surface area contributed by atoms with E-state index in [1.165, 1.54) is 15.9 Å². The smallest absolute Gasteiger partial charge is 0.166 e. The molecule has 0 nitrogen and oxygen atoms in total. The van der Waals surface area contributed by atoms with E-state index >= 15 is 0 Å². The summed E-state index contributed by atoms with van der Waals surface area (Å²) in [5.74, 6) is 0. The van der Waals surface area contributed by atoms with Crippen molar-refractivity contribution in [2.24, 2.45) is 0 Å². The third-order valence-corrected chi connectivity index (χ3v) is 7.68. The van der Waals surface area contributed by atoms with E-state index in [1.54, 1.807) is 0 Å². The van der Waals surface area contributed by atoms with Crippen LogP contribution in [0.25, 0.3) is 0 Å². The highest BCUT2D eigenvalue weighted by Gasteiger charge is 2.45.